The number of aryl methyl sites for hydroxylation is 1. The molecule has 1 heterocycles. The third-order valence-corrected chi connectivity index (χ3v) is 9.07. The number of benzene rings is 3. The summed E-state index contributed by atoms with van der Waals surface area (Å²) in [6.45, 7) is 2.31. The van der Waals surface area contributed by atoms with Crippen LogP contribution in [0.5, 0.6) is 0 Å². The Hall–Kier alpha value is -3.38. The fourth-order valence-corrected chi connectivity index (χ4v) is 6.93. The van der Waals surface area contributed by atoms with Gasteiger partial charge in [-0.3, -0.25) is 9.59 Å². The summed E-state index contributed by atoms with van der Waals surface area (Å²) in [5.74, 6) is -0.413. The number of amides is 2. The zero-order valence-electron chi connectivity index (χ0n) is 22.3. The number of hydrogen-bond donors (Lipinski definition) is 1. The number of fused-ring (bicyclic) bond motifs is 1. The van der Waals surface area contributed by atoms with Crippen molar-refractivity contribution < 1.29 is 14.0 Å². The molecule has 1 saturated carbocycles. The molecule has 5 rings (SSSR count). The SMILES string of the molecule is CC(CCc1ccccc1)NC(=O)c1ccc(/C=C2/SC3CCCCC3N(Cc3ccccc3F)C2=O)cc1. The number of carbonyl (C=O) groups is 2. The van der Waals surface area contributed by atoms with E-state index in [1.54, 1.807) is 23.9 Å². The van der Waals surface area contributed by atoms with Crippen LogP contribution in [-0.2, 0) is 17.8 Å². The van der Waals surface area contributed by atoms with E-state index in [2.05, 4.69) is 17.4 Å². The zero-order chi connectivity index (χ0) is 27.2. The highest BCUT2D eigenvalue weighted by Gasteiger charge is 2.40. The van der Waals surface area contributed by atoms with Crippen LogP contribution in [0.2, 0.25) is 0 Å². The average molecular weight is 543 g/mol. The quantitative estimate of drug-likeness (QED) is 0.312. The Bertz CT molecular complexity index is 1330. The van der Waals surface area contributed by atoms with E-state index >= 15 is 0 Å². The molecule has 202 valence electrons. The lowest BCUT2D eigenvalue weighted by molar-refractivity contribution is -0.130. The number of carbonyl (C=O) groups excluding carboxylic acids is 2. The summed E-state index contributed by atoms with van der Waals surface area (Å²) in [5, 5.41) is 3.41. The van der Waals surface area contributed by atoms with Crippen LogP contribution in [0.25, 0.3) is 6.08 Å². The standard InChI is InChI=1S/C33H35FN2O2S/c1-23(15-16-24-9-3-2-4-10-24)35-32(37)26-19-17-25(18-20-26)21-31-33(38)36(22-27-11-5-6-12-28(27)34)29-13-7-8-14-30(29)39-31/h2-6,9-12,17-21,23,29-30H,7-8,13-16,22H2,1H3,(H,35,37)/b31-21+. The highest BCUT2D eigenvalue weighted by atomic mass is 32.2. The molecule has 1 aliphatic carbocycles. The van der Waals surface area contributed by atoms with Gasteiger partial charge in [0, 0.05) is 35.0 Å². The lowest BCUT2D eigenvalue weighted by Gasteiger charge is -2.44. The van der Waals surface area contributed by atoms with Crippen molar-refractivity contribution in [1.82, 2.24) is 10.2 Å². The van der Waals surface area contributed by atoms with Gasteiger partial charge in [0.1, 0.15) is 5.82 Å². The first kappa shape index (κ1) is 27.2. The van der Waals surface area contributed by atoms with Crippen molar-refractivity contribution in [3.8, 4) is 0 Å². The normalized spacial score (nSPS) is 20.9. The highest BCUT2D eigenvalue weighted by molar-refractivity contribution is 8.04. The number of nitrogens with zero attached hydrogens (tertiary/aromatic N) is 1. The molecule has 39 heavy (non-hydrogen) atoms. The third-order valence-electron chi connectivity index (χ3n) is 7.67. The molecule has 0 radical (unpaired) electrons. The average Bonchev–Trinajstić information content (AvgIpc) is 2.96. The molecule has 6 heteroatoms. The van der Waals surface area contributed by atoms with Crippen molar-refractivity contribution in [2.24, 2.45) is 0 Å². The van der Waals surface area contributed by atoms with Gasteiger partial charge in [0.15, 0.2) is 0 Å². The van der Waals surface area contributed by atoms with E-state index < -0.39 is 0 Å². The van der Waals surface area contributed by atoms with Gasteiger partial charge in [0.25, 0.3) is 11.8 Å². The maximum atomic E-state index is 14.5. The second-order valence-electron chi connectivity index (χ2n) is 10.6. The number of rotatable bonds is 8. The van der Waals surface area contributed by atoms with E-state index in [0.29, 0.717) is 21.3 Å². The van der Waals surface area contributed by atoms with Gasteiger partial charge in [-0.25, -0.2) is 4.39 Å². The molecular formula is C33H35FN2O2S. The van der Waals surface area contributed by atoms with Gasteiger partial charge in [-0.1, -0.05) is 73.5 Å². The van der Waals surface area contributed by atoms with E-state index in [0.717, 1.165) is 44.1 Å². The van der Waals surface area contributed by atoms with Crippen molar-refractivity contribution in [2.75, 3.05) is 0 Å². The number of hydrogen-bond acceptors (Lipinski definition) is 3. The molecule has 0 bridgehead atoms. The zero-order valence-corrected chi connectivity index (χ0v) is 23.1. The lowest BCUT2D eigenvalue weighted by Crippen LogP contribution is -2.50. The van der Waals surface area contributed by atoms with Crippen molar-refractivity contribution in [2.45, 2.75) is 69.3 Å². The Morgan fingerprint density at radius 3 is 2.51 bits per heavy atom. The van der Waals surface area contributed by atoms with Gasteiger partial charge in [-0.2, -0.15) is 0 Å². The molecule has 3 aromatic carbocycles. The fourth-order valence-electron chi connectivity index (χ4n) is 5.46. The Morgan fingerprint density at radius 2 is 1.74 bits per heavy atom. The van der Waals surface area contributed by atoms with Crippen molar-refractivity contribution in [1.29, 1.82) is 0 Å². The summed E-state index contributed by atoms with van der Waals surface area (Å²) in [5.41, 5.74) is 3.28. The minimum absolute atomic E-state index is 0.0412. The summed E-state index contributed by atoms with van der Waals surface area (Å²) in [6.07, 6.45) is 7.94. The second kappa shape index (κ2) is 12.6. The molecule has 1 saturated heterocycles. The van der Waals surface area contributed by atoms with Crippen LogP contribution >= 0.6 is 11.8 Å². The van der Waals surface area contributed by atoms with E-state index in [1.807, 2.05) is 66.4 Å². The molecule has 3 atom stereocenters. The maximum absolute atomic E-state index is 14.5. The first-order valence-corrected chi connectivity index (χ1v) is 14.7. The highest BCUT2D eigenvalue weighted by Crippen LogP contribution is 2.42. The molecule has 2 fully saturated rings. The Labute approximate surface area is 234 Å². The third kappa shape index (κ3) is 6.80. The summed E-state index contributed by atoms with van der Waals surface area (Å²) in [4.78, 5) is 29.0. The van der Waals surface area contributed by atoms with Crippen LogP contribution in [-0.4, -0.2) is 34.0 Å². The second-order valence-corrected chi connectivity index (χ2v) is 11.8. The molecule has 2 amide bonds. The van der Waals surface area contributed by atoms with Crippen LogP contribution in [0.3, 0.4) is 0 Å². The van der Waals surface area contributed by atoms with Crippen LogP contribution in [0.15, 0.2) is 83.8 Å². The molecule has 1 aliphatic heterocycles. The van der Waals surface area contributed by atoms with E-state index in [1.165, 1.54) is 11.6 Å². The van der Waals surface area contributed by atoms with Crippen LogP contribution < -0.4 is 5.32 Å². The van der Waals surface area contributed by atoms with Gasteiger partial charge in [-0.15, -0.1) is 11.8 Å². The Balaban J connectivity index is 1.25. The van der Waals surface area contributed by atoms with Crippen molar-refractivity contribution in [3.05, 3.63) is 112 Å². The van der Waals surface area contributed by atoms with E-state index in [-0.39, 0.29) is 36.3 Å². The van der Waals surface area contributed by atoms with E-state index in [9.17, 15) is 14.0 Å². The summed E-state index contributed by atoms with van der Waals surface area (Å²) >= 11 is 1.66. The van der Waals surface area contributed by atoms with Gasteiger partial charge in [0.2, 0.25) is 0 Å². The lowest BCUT2D eigenvalue weighted by atomic mass is 9.92. The molecule has 0 aromatic heterocycles. The topological polar surface area (TPSA) is 49.4 Å². The Morgan fingerprint density at radius 1 is 1.03 bits per heavy atom. The van der Waals surface area contributed by atoms with Crippen LogP contribution in [0.4, 0.5) is 4.39 Å². The number of thioether (sulfide) groups is 1. The van der Waals surface area contributed by atoms with Crippen molar-refractivity contribution >= 4 is 29.7 Å². The maximum Gasteiger partial charge on any atom is 0.260 e. The number of nitrogens with one attached hydrogen (secondary N) is 1. The summed E-state index contributed by atoms with van der Waals surface area (Å²) < 4.78 is 14.5. The van der Waals surface area contributed by atoms with Gasteiger partial charge in [-0.05, 0) is 68.0 Å². The van der Waals surface area contributed by atoms with Crippen molar-refractivity contribution in [3.63, 3.8) is 0 Å². The molecule has 0 spiro atoms. The van der Waals surface area contributed by atoms with Gasteiger partial charge >= 0.3 is 0 Å². The Kier molecular flexibility index (Phi) is 8.82. The minimum Gasteiger partial charge on any atom is -0.350 e. The van der Waals surface area contributed by atoms with Crippen LogP contribution in [0, 0.1) is 5.82 Å². The first-order valence-electron chi connectivity index (χ1n) is 13.9. The molecule has 2 aliphatic rings. The van der Waals surface area contributed by atoms with E-state index in [4.69, 9.17) is 0 Å². The fraction of sp³-hybridized carbons (Fsp3) is 0.333. The van der Waals surface area contributed by atoms with Crippen LogP contribution in [0.1, 0.15) is 66.1 Å². The monoisotopic (exact) mass is 542 g/mol. The summed E-state index contributed by atoms with van der Waals surface area (Å²) in [6, 6.07) is 24.6. The van der Waals surface area contributed by atoms with Gasteiger partial charge < -0.3 is 10.2 Å². The largest absolute Gasteiger partial charge is 0.350 e. The van der Waals surface area contributed by atoms with Gasteiger partial charge in [0.05, 0.1) is 4.91 Å². The molecular weight excluding hydrogens is 507 g/mol. The molecule has 4 nitrogen and oxygen atoms in total. The predicted molar refractivity (Wildman–Crippen MR) is 157 cm³/mol. The smallest absolute Gasteiger partial charge is 0.260 e. The molecule has 3 aromatic rings. The molecule has 3 unspecified atom stereocenters. The predicted octanol–water partition coefficient (Wildman–Crippen LogP) is 7.00. The molecule has 1 N–H and O–H groups in total. The minimum atomic E-state index is -0.273. The summed E-state index contributed by atoms with van der Waals surface area (Å²) in [7, 11) is 0. The number of halogens is 1. The first-order chi connectivity index (χ1) is 19.0.